The molecule has 0 atom stereocenters. The van der Waals surface area contributed by atoms with Gasteiger partial charge in [-0.3, -0.25) is 0 Å². The van der Waals surface area contributed by atoms with Gasteiger partial charge < -0.3 is 0 Å². The highest BCUT2D eigenvalue weighted by atomic mass is 35.7. The van der Waals surface area contributed by atoms with Crippen molar-refractivity contribution in [2.24, 2.45) is 0 Å². The number of aryl methyl sites for hydroxylation is 1. The van der Waals surface area contributed by atoms with Gasteiger partial charge in [0.05, 0.1) is 15.5 Å². The third kappa shape index (κ3) is 2.18. The van der Waals surface area contributed by atoms with Crippen molar-refractivity contribution < 1.29 is 8.42 Å². The molecule has 0 aliphatic heterocycles. The summed E-state index contributed by atoms with van der Waals surface area (Å²) in [5.41, 5.74) is 0.607. The van der Waals surface area contributed by atoms with Crippen LogP contribution in [0.25, 0.3) is 0 Å². The molecule has 0 saturated carbocycles. The monoisotopic (exact) mass is 249 g/mol. The van der Waals surface area contributed by atoms with E-state index in [2.05, 4.69) is 0 Å². The van der Waals surface area contributed by atoms with E-state index >= 15 is 0 Å². The second kappa shape index (κ2) is 3.77. The minimum atomic E-state index is -3.81. The molecular weight excluding hydrogens is 245 g/mol. The highest BCUT2D eigenvalue weighted by Gasteiger charge is 2.14. The van der Waals surface area contributed by atoms with Gasteiger partial charge in [-0.05, 0) is 24.6 Å². The lowest BCUT2D eigenvalue weighted by Gasteiger charge is -2.02. The molecule has 1 aromatic rings. The molecule has 1 rings (SSSR count). The summed E-state index contributed by atoms with van der Waals surface area (Å²) >= 11 is 5.76. The second-order valence-corrected chi connectivity index (χ2v) is 5.60. The van der Waals surface area contributed by atoms with Crippen molar-refractivity contribution in [2.75, 3.05) is 0 Å². The fourth-order valence-electron chi connectivity index (χ4n) is 0.959. The van der Waals surface area contributed by atoms with E-state index in [-0.39, 0.29) is 15.5 Å². The standard InChI is InChI=1S/C8H5Cl2NO2S/c1-5-2-7(14(10,12)13)3-6(4-11)8(5)9/h2-3H,1H3. The summed E-state index contributed by atoms with van der Waals surface area (Å²) in [5, 5.41) is 8.91. The lowest BCUT2D eigenvalue weighted by molar-refractivity contribution is 0.609. The van der Waals surface area contributed by atoms with Crippen LogP contribution in [0.2, 0.25) is 5.02 Å². The zero-order valence-electron chi connectivity index (χ0n) is 7.08. The normalized spacial score (nSPS) is 11.0. The van der Waals surface area contributed by atoms with Crippen molar-refractivity contribution in [3.63, 3.8) is 0 Å². The molecule has 6 heteroatoms. The van der Waals surface area contributed by atoms with Crippen LogP contribution in [0.15, 0.2) is 17.0 Å². The van der Waals surface area contributed by atoms with Gasteiger partial charge in [-0.1, -0.05) is 11.6 Å². The van der Waals surface area contributed by atoms with Gasteiger partial charge in [0, 0.05) is 10.7 Å². The van der Waals surface area contributed by atoms with Crippen molar-refractivity contribution in [3.8, 4) is 6.07 Å². The molecule has 74 valence electrons. The Morgan fingerprint density at radius 1 is 1.43 bits per heavy atom. The van der Waals surface area contributed by atoms with Gasteiger partial charge in [0.25, 0.3) is 9.05 Å². The molecule has 0 aliphatic carbocycles. The van der Waals surface area contributed by atoms with E-state index < -0.39 is 9.05 Å². The highest BCUT2D eigenvalue weighted by molar-refractivity contribution is 8.13. The molecular formula is C8H5Cl2NO2S. The lowest BCUT2D eigenvalue weighted by Crippen LogP contribution is -1.94. The average Bonchev–Trinajstić information content (AvgIpc) is 2.07. The third-order valence-corrected chi connectivity index (χ3v) is 3.47. The van der Waals surface area contributed by atoms with E-state index in [0.717, 1.165) is 6.07 Å². The zero-order chi connectivity index (χ0) is 10.9. The molecule has 0 bridgehead atoms. The first kappa shape index (κ1) is 11.3. The Morgan fingerprint density at radius 2 is 2.00 bits per heavy atom. The van der Waals surface area contributed by atoms with E-state index in [1.54, 1.807) is 13.0 Å². The average molecular weight is 250 g/mol. The Bertz CT molecular complexity index is 517. The number of hydrogen-bond donors (Lipinski definition) is 0. The molecule has 3 nitrogen and oxygen atoms in total. The lowest BCUT2D eigenvalue weighted by atomic mass is 10.1. The Morgan fingerprint density at radius 3 is 2.43 bits per heavy atom. The van der Waals surface area contributed by atoms with E-state index in [0.29, 0.717) is 5.56 Å². The minimum absolute atomic E-state index is 0.103. The number of halogens is 2. The number of benzene rings is 1. The van der Waals surface area contributed by atoms with Crippen molar-refractivity contribution >= 4 is 31.3 Å². The van der Waals surface area contributed by atoms with Gasteiger partial charge in [0.2, 0.25) is 0 Å². The van der Waals surface area contributed by atoms with Gasteiger partial charge in [0.1, 0.15) is 6.07 Å². The number of hydrogen-bond acceptors (Lipinski definition) is 3. The summed E-state index contributed by atoms with van der Waals surface area (Å²) in [5.74, 6) is 0. The molecule has 0 aromatic heterocycles. The molecule has 0 spiro atoms. The van der Waals surface area contributed by atoms with E-state index in [4.69, 9.17) is 27.5 Å². The first-order valence-electron chi connectivity index (χ1n) is 3.51. The predicted molar refractivity (Wildman–Crippen MR) is 53.9 cm³/mol. The molecule has 0 radical (unpaired) electrons. The second-order valence-electron chi connectivity index (χ2n) is 2.65. The Hall–Kier alpha value is -0.760. The van der Waals surface area contributed by atoms with Crippen molar-refractivity contribution in [1.29, 1.82) is 5.26 Å². The first-order chi connectivity index (χ1) is 6.36. The van der Waals surface area contributed by atoms with Gasteiger partial charge in [0.15, 0.2) is 0 Å². The summed E-state index contributed by atoms with van der Waals surface area (Å²) < 4.78 is 22.0. The van der Waals surface area contributed by atoms with Crippen LogP contribution in [0.5, 0.6) is 0 Å². The topological polar surface area (TPSA) is 57.9 Å². The molecule has 0 fully saturated rings. The smallest absolute Gasteiger partial charge is 0.207 e. The number of nitriles is 1. The van der Waals surface area contributed by atoms with E-state index in [1.807, 2.05) is 0 Å². The van der Waals surface area contributed by atoms with Gasteiger partial charge in [-0.2, -0.15) is 5.26 Å². The molecule has 0 aliphatic rings. The molecule has 0 amide bonds. The van der Waals surface area contributed by atoms with Crippen LogP contribution in [0, 0.1) is 18.3 Å². The zero-order valence-corrected chi connectivity index (χ0v) is 9.41. The maximum atomic E-state index is 11.0. The van der Waals surface area contributed by atoms with Crippen LogP contribution in [0.4, 0.5) is 0 Å². The van der Waals surface area contributed by atoms with Crippen LogP contribution >= 0.6 is 22.3 Å². The molecule has 0 unspecified atom stereocenters. The summed E-state index contributed by atoms with van der Waals surface area (Å²) in [6.45, 7) is 1.61. The number of nitrogens with zero attached hydrogens (tertiary/aromatic N) is 1. The molecule has 0 heterocycles. The quantitative estimate of drug-likeness (QED) is 0.719. The van der Waals surface area contributed by atoms with Crippen LogP contribution in [0.3, 0.4) is 0 Å². The molecule has 0 N–H and O–H groups in total. The van der Waals surface area contributed by atoms with Crippen molar-refractivity contribution in [3.05, 3.63) is 28.3 Å². The Labute approximate surface area is 91.3 Å². The molecule has 1 aromatic carbocycles. The van der Waals surface area contributed by atoms with Crippen molar-refractivity contribution in [2.45, 2.75) is 11.8 Å². The Balaban J connectivity index is 3.56. The SMILES string of the molecule is Cc1cc(S(=O)(=O)Cl)cc(C#N)c1Cl. The maximum Gasteiger partial charge on any atom is 0.261 e. The summed E-state index contributed by atoms with van der Waals surface area (Å²) in [6.07, 6.45) is 0. The number of rotatable bonds is 1. The van der Waals surface area contributed by atoms with Crippen LogP contribution in [-0.4, -0.2) is 8.42 Å². The summed E-state index contributed by atoms with van der Waals surface area (Å²) in [4.78, 5) is -0.113. The van der Waals surface area contributed by atoms with Crippen LogP contribution in [-0.2, 0) is 9.05 Å². The Kier molecular flexibility index (Phi) is 3.05. The third-order valence-electron chi connectivity index (χ3n) is 1.63. The fraction of sp³-hybridized carbons (Fsp3) is 0.125. The van der Waals surface area contributed by atoms with E-state index in [9.17, 15) is 8.42 Å². The summed E-state index contributed by atoms with van der Waals surface area (Å²) in [6, 6.07) is 4.27. The van der Waals surface area contributed by atoms with Crippen LogP contribution < -0.4 is 0 Å². The van der Waals surface area contributed by atoms with Gasteiger partial charge >= 0.3 is 0 Å². The maximum absolute atomic E-state index is 11.0. The highest BCUT2D eigenvalue weighted by Crippen LogP contribution is 2.25. The fourth-order valence-corrected chi connectivity index (χ4v) is 1.95. The van der Waals surface area contributed by atoms with Gasteiger partial charge in [-0.15, -0.1) is 0 Å². The van der Waals surface area contributed by atoms with Crippen LogP contribution in [0.1, 0.15) is 11.1 Å². The molecule has 0 saturated heterocycles. The largest absolute Gasteiger partial charge is 0.261 e. The minimum Gasteiger partial charge on any atom is -0.207 e. The van der Waals surface area contributed by atoms with Gasteiger partial charge in [-0.25, -0.2) is 8.42 Å². The predicted octanol–water partition coefficient (Wildman–Crippen LogP) is 2.45. The van der Waals surface area contributed by atoms with E-state index in [1.165, 1.54) is 6.07 Å². The first-order valence-corrected chi connectivity index (χ1v) is 6.20. The molecule has 14 heavy (non-hydrogen) atoms. The van der Waals surface area contributed by atoms with Crippen molar-refractivity contribution in [1.82, 2.24) is 0 Å². The summed E-state index contributed by atoms with van der Waals surface area (Å²) in [7, 11) is 1.32.